The highest BCUT2D eigenvalue weighted by Gasteiger charge is 2.21. The van der Waals surface area contributed by atoms with E-state index in [0.29, 0.717) is 23.1 Å². The summed E-state index contributed by atoms with van der Waals surface area (Å²) in [6.45, 7) is 4.70. The van der Waals surface area contributed by atoms with Crippen LogP contribution in [0, 0.1) is 5.82 Å². The van der Waals surface area contributed by atoms with Crippen molar-refractivity contribution in [3.05, 3.63) is 63.9 Å². The van der Waals surface area contributed by atoms with Crippen molar-refractivity contribution in [2.24, 2.45) is 0 Å². The highest BCUT2D eigenvalue weighted by Crippen LogP contribution is 2.18. The smallest absolute Gasteiger partial charge is 0.243 e. The molecule has 0 saturated carbocycles. The van der Waals surface area contributed by atoms with Crippen LogP contribution in [0.15, 0.2) is 51.8 Å². The molecule has 0 atom stereocenters. The third kappa shape index (κ3) is 5.60. The molecule has 1 N–H and O–H groups in total. The van der Waals surface area contributed by atoms with Crippen molar-refractivity contribution in [3.63, 3.8) is 0 Å². The standard InChI is InChI=1S/C19H22BrFN2O3S/c1-3-23(4-2)27(25,26)16-8-5-14(6-9-16)13-22-19(24)12-15-7-10-18(21)17(20)11-15/h5-11H,3-4,12-13H2,1-2H3,(H,22,24). The summed E-state index contributed by atoms with van der Waals surface area (Å²) in [5, 5.41) is 2.78. The van der Waals surface area contributed by atoms with Gasteiger partial charge in [0.1, 0.15) is 5.82 Å². The number of nitrogens with zero attached hydrogens (tertiary/aromatic N) is 1. The second kappa shape index (κ2) is 9.43. The van der Waals surface area contributed by atoms with Crippen LogP contribution in [0.2, 0.25) is 0 Å². The van der Waals surface area contributed by atoms with Crippen molar-refractivity contribution in [1.29, 1.82) is 0 Å². The van der Waals surface area contributed by atoms with Gasteiger partial charge in [-0.15, -0.1) is 0 Å². The van der Waals surface area contributed by atoms with Gasteiger partial charge in [-0.3, -0.25) is 4.79 Å². The maximum absolute atomic E-state index is 13.2. The zero-order valence-corrected chi connectivity index (χ0v) is 17.6. The van der Waals surface area contributed by atoms with Crippen LogP contribution in [0.25, 0.3) is 0 Å². The Bertz CT molecular complexity index is 898. The average Bonchev–Trinajstić information content (AvgIpc) is 2.64. The molecule has 2 aromatic rings. The molecule has 0 aromatic heterocycles. The van der Waals surface area contributed by atoms with E-state index in [4.69, 9.17) is 0 Å². The van der Waals surface area contributed by atoms with Crippen LogP contribution in [-0.4, -0.2) is 31.7 Å². The minimum absolute atomic E-state index is 0.132. The maximum Gasteiger partial charge on any atom is 0.243 e. The van der Waals surface area contributed by atoms with Crippen molar-refractivity contribution in [2.45, 2.75) is 31.7 Å². The Balaban J connectivity index is 1.96. The fourth-order valence-electron chi connectivity index (χ4n) is 2.59. The molecule has 1 amide bonds. The summed E-state index contributed by atoms with van der Waals surface area (Å²) in [5.41, 5.74) is 1.49. The summed E-state index contributed by atoms with van der Waals surface area (Å²) in [6.07, 6.45) is 0.132. The summed E-state index contributed by atoms with van der Waals surface area (Å²) in [5.74, 6) is -0.577. The van der Waals surface area contributed by atoms with Crippen molar-refractivity contribution < 1.29 is 17.6 Å². The molecule has 0 spiro atoms. The predicted octanol–water partition coefficient (Wildman–Crippen LogP) is 3.48. The molecule has 0 saturated heterocycles. The monoisotopic (exact) mass is 456 g/mol. The first-order valence-electron chi connectivity index (χ1n) is 8.57. The van der Waals surface area contributed by atoms with Crippen molar-refractivity contribution in [1.82, 2.24) is 9.62 Å². The third-order valence-corrected chi connectivity index (χ3v) is 6.78. The maximum atomic E-state index is 13.2. The molecule has 0 aliphatic carbocycles. The molecule has 0 aliphatic heterocycles. The lowest BCUT2D eigenvalue weighted by Crippen LogP contribution is -2.30. The Morgan fingerprint density at radius 1 is 1.07 bits per heavy atom. The van der Waals surface area contributed by atoms with Gasteiger partial charge < -0.3 is 5.32 Å². The number of benzene rings is 2. The molecular weight excluding hydrogens is 435 g/mol. The molecule has 5 nitrogen and oxygen atoms in total. The molecular formula is C19H22BrFN2O3S. The number of carbonyl (C=O) groups excluding carboxylic acids is 1. The number of carbonyl (C=O) groups is 1. The SMILES string of the molecule is CCN(CC)S(=O)(=O)c1ccc(CNC(=O)Cc2ccc(F)c(Br)c2)cc1. The quantitative estimate of drug-likeness (QED) is 0.660. The van der Waals surface area contributed by atoms with Gasteiger partial charge in [0.2, 0.25) is 15.9 Å². The molecule has 0 bridgehead atoms. The Morgan fingerprint density at radius 2 is 1.67 bits per heavy atom. The second-order valence-electron chi connectivity index (χ2n) is 5.94. The average molecular weight is 457 g/mol. The van der Waals surface area contributed by atoms with Gasteiger partial charge in [-0.05, 0) is 51.3 Å². The number of amides is 1. The van der Waals surface area contributed by atoms with E-state index in [-0.39, 0.29) is 29.6 Å². The summed E-state index contributed by atoms with van der Waals surface area (Å²) >= 11 is 3.10. The molecule has 2 rings (SSSR count). The van der Waals surface area contributed by atoms with E-state index < -0.39 is 10.0 Å². The Hall–Kier alpha value is -1.77. The van der Waals surface area contributed by atoms with Crippen molar-refractivity contribution in [2.75, 3.05) is 13.1 Å². The van der Waals surface area contributed by atoms with Crippen LogP contribution >= 0.6 is 15.9 Å². The highest BCUT2D eigenvalue weighted by atomic mass is 79.9. The van der Waals surface area contributed by atoms with Crippen LogP contribution in [0.4, 0.5) is 4.39 Å². The molecule has 146 valence electrons. The lowest BCUT2D eigenvalue weighted by molar-refractivity contribution is -0.120. The zero-order chi connectivity index (χ0) is 20.0. The van der Waals surface area contributed by atoms with Gasteiger partial charge in [-0.25, -0.2) is 12.8 Å². The minimum atomic E-state index is -3.49. The van der Waals surface area contributed by atoms with Gasteiger partial charge in [0.15, 0.2) is 0 Å². The number of hydrogen-bond donors (Lipinski definition) is 1. The first-order chi connectivity index (χ1) is 12.8. The lowest BCUT2D eigenvalue weighted by atomic mass is 10.1. The van der Waals surface area contributed by atoms with Gasteiger partial charge in [0, 0.05) is 19.6 Å². The molecule has 2 aromatic carbocycles. The summed E-state index contributed by atoms with van der Waals surface area (Å²) < 4.78 is 39.8. The predicted molar refractivity (Wildman–Crippen MR) is 106 cm³/mol. The Morgan fingerprint density at radius 3 is 2.22 bits per heavy atom. The van der Waals surface area contributed by atoms with E-state index in [2.05, 4.69) is 21.2 Å². The Kier molecular flexibility index (Phi) is 7.52. The van der Waals surface area contributed by atoms with Crippen molar-refractivity contribution >= 4 is 31.9 Å². The van der Waals surface area contributed by atoms with Crippen LogP contribution in [0.3, 0.4) is 0 Å². The summed E-state index contributed by atoms with van der Waals surface area (Å²) in [7, 11) is -3.49. The minimum Gasteiger partial charge on any atom is -0.352 e. The molecule has 0 unspecified atom stereocenters. The third-order valence-electron chi connectivity index (χ3n) is 4.10. The van der Waals surface area contributed by atoms with Crippen LogP contribution in [0.1, 0.15) is 25.0 Å². The Labute approximate surface area is 167 Å². The summed E-state index contributed by atoms with van der Waals surface area (Å²) in [6, 6.07) is 10.9. The number of rotatable bonds is 8. The fourth-order valence-corrected chi connectivity index (χ4v) is 4.47. The largest absolute Gasteiger partial charge is 0.352 e. The van der Waals surface area contributed by atoms with Crippen LogP contribution < -0.4 is 5.32 Å². The second-order valence-corrected chi connectivity index (χ2v) is 8.73. The van der Waals surface area contributed by atoms with Crippen molar-refractivity contribution in [3.8, 4) is 0 Å². The molecule has 0 fully saturated rings. The van der Waals surface area contributed by atoms with Crippen LogP contribution in [-0.2, 0) is 27.8 Å². The molecule has 0 aliphatic rings. The summed E-state index contributed by atoms with van der Waals surface area (Å²) in [4.78, 5) is 12.3. The van der Waals surface area contributed by atoms with E-state index in [1.54, 1.807) is 50.2 Å². The highest BCUT2D eigenvalue weighted by molar-refractivity contribution is 9.10. The van der Waals surface area contributed by atoms with E-state index >= 15 is 0 Å². The number of nitrogens with one attached hydrogen (secondary N) is 1. The van der Waals surface area contributed by atoms with E-state index in [1.807, 2.05) is 0 Å². The lowest BCUT2D eigenvalue weighted by Gasteiger charge is -2.18. The van der Waals surface area contributed by atoms with Gasteiger partial charge in [-0.2, -0.15) is 4.31 Å². The van der Waals surface area contributed by atoms with Gasteiger partial charge in [-0.1, -0.05) is 32.0 Å². The number of halogens is 2. The number of hydrogen-bond acceptors (Lipinski definition) is 3. The van der Waals surface area contributed by atoms with E-state index in [0.717, 1.165) is 5.56 Å². The van der Waals surface area contributed by atoms with Gasteiger partial charge >= 0.3 is 0 Å². The molecule has 0 heterocycles. The van der Waals surface area contributed by atoms with Crippen LogP contribution in [0.5, 0.6) is 0 Å². The van der Waals surface area contributed by atoms with E-state index in [9.17, 15) is 17.6 Å². The van der Waals surface area contributed by atoms with E-state index in [1.165, 1.54) is 10.4 Å². The fraction of sp³-hybridized carbons (Fsp3) is 0.316. The first kappa shape index (κ1) is 21.5. The zero-order valence-electron chi connectivity index (χ0n) is 15.2. The topological polar surface area (TPSA) is 66.5 Å². The molecule has 0 radical (unpaired) electrons. The van der Waals surface area contributed by atoms with Gasteiger partial charge in [0.05, 0.1) is 15.8 Å². The molecule has 8 heteroatoms. The molecule has 27 heavy (non-hydrogen) atoms. The van der Waals surface area contributed by atoms with Gasteiger partial charge in [0.25, 0.3) is 0 Å². The first-order valence-corrected chi connectivity index (χ1v) is 10.8. The normalized spacial score (nSPS) is 11.6. The number of sulfonamides is 1.